The number of rotatable bonds is 7. The number of nitrogens with one attached hydrogen (secondary N) is 2. The second-order valence-corrected chi connectivity index (χ2v) is 7.67. The number of benzene rings is 1. The first-order chi connectivity index (χ1) is 10.4. The molecule has 4 N–H and O–H groups in total. The summed E-state index contributed by atoms with van der Waals surface area (Å²) >= 11 is 0. The summed E-state index contributed by atoms with van der Waals surface area (Å²) in [6.45, 7) is 1.68. The Morgan fingerprint density at radius 1 is 1.36 bits per heavy atom. The van der Waals surface area contributed by atoms with Crippen LogP contribution in [-0.2, 0) is 21.1 Å². The maximum absolute atomic E-state index is 11.9. The Morgan fingerprint density at radius 2 is 2.09 bits per heavy atom. The first-order valence-corrected chi connectivity index (χ1v) is 9.04. The topological polar surface area (TPSA) is 105 Å². The molecule has 22 heavy (non-hydrogen) atoms. The molecule has 6 nitrogen and oxygen atoms in total. The second kappa shape index (κ2) is 6.93. The largest absolute Gasteiger partial charge is 0.361 e. The lowest BCUT2D eigenvalue weighted by Crippen LogP contribution is -2.43. The van der Waals surface area contributed by atoms with Gasteiger partial charge in [-0.15, -0.1) is 0 Å². The molecular weight excluding hydrogens is 302 g/mol. The number of aromatic nitrogens is 1. The van der Waals surface area contributed by atoms with Crippen LogP contribution in [-0.4, -0.2) is 43.4 Å². The molecule has 1 heterocycles. The van der Waals surface area contributed by atoms with Crippen LogP contribution < -0.4 is 11.1 Å². The zero-order valence-corrected chi connectivity index (χ0v) is 13.3. The predicted molar refractivity (Wildman–Crippen MR) is 87.3 cm³/mol. The molecule has 1 atom stereocenters. The maximum atomic E-state index is 11.9. The quantitative estimate of drug-likeness (QED) is 0.693. The van der Waals surface area contributed by atoms with E-state index in [0.717, 1.165) is 16.5 Å². The Morgan fingerprint density at radius 3 is 2.82 bits per heavy atom. The molecule has 7 heteroatoms. The molecule has 1 aromatic heterocycles. The van der Waals surface area contributed by atoms with Gasteiger partial charge in [0.25, 0.3) is 0 Å². The summed E-state index contributed by atoms with van der Waals surface area (Å²) in [6, 6.07) is 7.09. The Hall–Kier alpha value is -1.86. The number of para-hydroxylation sites is 1. The van der Waals surface area contributed by atoms with Crippen LogP contribution in [0.2, 0.25) is 0 Å². The summed E-state index contributed by atoms with van der Waals surface area (Å²) in [4.78, 5) is 15.1. The zero-order chi connectivity index (χ0) is 16.2. The van der Waals surface area contributed by atoms with E-state index in [9.17, 15) is 13.2 Å². The number of aromatic amines is 1. The first kappa shape index (κ1) is 16.5. The number of H-pyrrole nitrogens is 1. The fraction of sp³-hybridized carbons (Fsp3) is 0.400. The van der Waals surface area contributed by atoms with Gasteiger partial charge in [-0.1, -0.05) is 25.1 Å². The van der Waals surface area contributed by atoms with Gasteiger partial charge in [0.15, 0.2) is 9.84 Å². The average Bonchev–Trinajstić information content (AvgIpc) is 2.90. The van der Waals surface area contributed by atoms with E-state index in [1.807, 2.05) is 30.5 Å². The Balaban J connectivity index is 1.91. The normalized spacial score (nSPS) is 13.2. The van der Waals surface area contributed by atoms with Crippen LogP contribution in [0.4, 0.5) is 0 Å². The van der Waals surface area contributed by atoms with Crippen molar-refractivity contribution in [1.29, 1.82) is 0 Å². The standard InChI is InChI=1S/C15H21N3O3S/c1-2-22(20,21)8-7-17-15(19)13(16)9-11-10-18-14-6-4-3-5-12(11)14/h3-6,10,13,18H,2,7-9,16H2,1H3,(H,17,19)/t13-/m0/s1. The molecule has 0 aliphatic heterocycles. The van der Waals surface area contributed by atoms with Crippen molar-refractivity contribution in [3.8, 4) is 0 Å². The molecule has 2 aromatic rings. The highest BCUT2D eigenvalue weighted by Crippen LogP contribution is 2.18. The molecule has 0 radical (unpaired) electrons. The average molecular weight is 323 g/mol. The van der Waals surface area contributed by atoms with E-state index in [0.29, 0.717) is 6.42 Å². The fourth-order valence-corrected chi connectivity index (χ4v) is 2.94. The number of carbonyl (C=O) groups excluding carboxylic acids is 1. The molecule has 0 saturated carbocycles. The number of fused-ring (bicyclic) bond motifs is 1. The lowest BCUT2D eigenvalue weighted by atomic mass is 10.1. The smallest absolute Gasteiger partial charge is 0.237 e. The Labute approximate surface area is 130 Å². The van der Waals surface area contributed by atoms with Crippen molar-refractivity contribution >= 4 is 26.6 Å². The highest BCUT2D eigenvalue weighted by atomic mass is 32.2. The van der Waals surface area contributed by atoms with Gasteiger partial charge in [0.1, 0.15) is 0 Å². The molecular formula is C15H21N3O3S. The van der Waals surface area contributed by atoms with Crippen LogP contribution in [0, 0.1) is 0 Å². The summed E-state index contributed by atoms with van der Waals surface area (Å²) in [5.41, 5.74) is 7.88. The monoisotopic (exact) mass is 323 g/mol. The molecule has 0 bridgehead atoms. The number of hydrogen-bond donors (Lipinski definition) is 3. The third-order valence-electron chi connectivity index (χ3n) is 3.60. The van der Waals surface area contributed by atoms with Crippen LogP contribution in [0.3, 0.4) is 0 Å². The van der Waals surface area contributed by atoms with Gasteiger partial charge in [-0.05, 0) is 18.1 Å². The molecule has 0 aliphatic rings. The lowest BCUT2D eigenvalue weighted by Gasteiger charge is -2.12. The lowest BCUT2D eigenvalue weighted by molar-refractivity contribution is -0.122. The molecule has 0 unspecified atom stereocenters. The minimum Gasteiger partial charge on any atom is -0.361 e. The molecule has 0 aliphatic carbocycles. The van der Waals surface area contributed by atoms with Crippen molar-refractivity contribution < 1.29 is 13.2 Å². The minimum absolute atomic E-state index is 0.0605. The van der Waals surface area contributed by atoms with E-state index in [1.165, 1.54) is 0 Å². The van der Waals surface area contributed by atoms with Gasteiger partial charge in [0, 0.05) is 29.4 Å². The number of hydrogen-bond acceptors (Lipinski definition) is 4. The summed E-state index contributed by atoms with van der Waals surface area (Å²) in [5.74, 6) is -0.323. The highest BCUT2D eigenvalue weighted by molar-refractivity contribution is 7.91. The van der Waals surface area contributed by atoms with Gasteiger partial charge in [-0.25, -0.2) is 8.42 Å². The van der Waals surface area contributed by atoms with Crippen molar-refractivity contribution in [3.63, 3.8) is 0 Å². The van der Waals surface area contributed by atoms with Crippen molar-refractivity contribution in [1.82, 2.24) is 10.3 Å². The Bertz CT molecular complexity index is 752. The van der Waals surface area contributed by atoms with Crippen LogP contribution in [0.15, 0.2) is 30.5 Å². The van der Waals surface area contributed by atoms with Crippen LogP contribution in [0.1, 0.15) is 12.5 Å². The van der Waals surface area contributed by atoms with Crippen molar-refractivity contribution in [3.05, 3.63) is 36.0 Å². The van der Waals surface area contributed by atoms with Crippen molar-refractivity contribution in [2.45, 2.75) is 19.4 Å². The maximum Gasteiger partial charge on any atom is 0.237 e. The third kappa shape index (κ3) is 4.08. The van der Waals surface area contributed by atoms with Crippen LogP contribution >= 0.6 is 0 Å². The molecule has 0 spiro atoms. The van der Waals surface area contributed by atoms with Crippen LogP contribution in [0.5, 0.6) is 0 Å². The van der Waals surface area contributed by atoms with Gasteiger partial charge in [-0.3, -0.25) is 4.79 Å². The predicted octanol–water partition coefficient (Wildman–Crippen LogP) is 0.589. The van der Waals surface area contributed by atoms with E-state index in [2.05, 4.69) is 10.3 Å². The zero-order valence-electron chi connectivity index (χ0n) is 12.5. The number of sulfone groups is 1. The van der Waals surface area contributed by atoms with E-state index in [1.54, 1.807) is 6.92 Å². The van der Waals surface area contributed by atoms with Gasteiger partial charge in [0.05, 0.1) is 11.8 Å². The van der Waals surface area contributed by atoms with Gasteiger partial charge < -0.3 is 16.0 Å². The van der Waals surface area contributed by atoms with Crippen LogP contribution in [0.25, 0.3) is 10.9 Å². The first-order valence-electron chi connectivity index (χ1n) is 7.21. The van der Waals surface area contributed by atoms with Crippen molar-refractivity contribution in [2.24, 2.45) is 5.73 Å². The summed E-state index contributed by atoms with van der Waals surface area (Å²) in [7, 11) is -3.08. The molecule has 0 fully saturated rings. The summed E-state index contributed by atoms with van der Waals surface area (Å²) in [5, 5.41) is 3.62. The molecule has 2 rings (SSSR count). The van der Waals surface area contributed by atoms with Crippen molar-refractivity contribution in [2.75, 3.05) is 18.1 Å². The van der Waals surface area contributed by atoms with E-state index in [-0.39, 0.29) is 24.0 Å². The van der Waals surface area contributed by atoms with E-state index < -0.39 is 15.9 Å². The third-order valence-corrected chi connectivity index (χ3v) is 5.31. The minimum atomic E-state index is -3.08. The summed E-state index contributed by atoms with van der Waals surface area (Å²) < 4.78 is 22.7. The van der Waals surface area contributed by atoms with E-state index >= 15 is 0 Å². The van der Waals surface area contributed by atoms with Gasteiger partial charge >= 0.3 is 0 Å². The van der Waals surface area contributed by atoms with Gasteiger partial charge in [0.2, 0.25) is 5.91 Å². The molecule has 120 valence electrons. The SMILES string of the molecule is CCS(=O)(=O)CCNC(=O)[C@@H](N)Cc1c[nH]c2ccccc12. The number of carbonyl (C=O) groups is 1. The number of nitrogens with two attached hydrogens (primary N) is 1. The molecule has 1 amide bonds. The molecule has 1 aromatic carbocycles. The highest BCUT2D eigenvalue weighted by Gasteiger charge is 2.16. The Kier molecular flexibility index (Phi) is 5.20. The molecule has 0 saturated heterocycles. The second-order valence-electron chi connectivity index (χ2n) is 5.20. The van der Waals surface area contributed by atoms with Gasteiger partial charge in [-0.2, -0.15) is 0 Å². The number of amides is 1. The summed E-state index contributed by atoms with van der Waals surface area (Å²) in [6.07, 6.45) is 2.25. The van der Waals surface area contributed by atoms with E-state index in [4.69, 9.17) is 5.73 Å². The fourth-order valence-electron chi connectivity index (χ4n) is 2.24.